The second-order valence-electron chi connectivity index (χ2n) is 7.42. The molecule has 0 aliphatic carbocycles. The second-order valence-corrected chi connectivity index (χ2v) is 8.80. The molecule has 8 heteroatoms. The van der Waals surface area contributed by atoms with Gasteiger partial charge in [-0.3, -0.25) is 4.90 Å². The first-order valence-corrected chi connectivity index (χ1v) is 11.6. The first-order valence-electron chi connectivity index (χ1n) is 10.4. The number of carbonyl (C=O) groups excluding carboxylic acids is 1. The van der Waals surface area contributed by atoms with Gasteiger partial charge in [-0.25, -0.2) is 14.8 Å². The Bertz CT molecular complexity index is 999. The third kappa shape index (κ3) is 5.81. The number of piperazine rings is 1. The molecule has 0 spiro atoms. The van der Waals surface area contributed by atoms with Crippen LogP contribution in [0.5, 0.6) is 0 Å². The molecule has 31 heavy (non-hydrogen) atoms. The molecule has 1 aliphatic heterocycles. The van der Waals surface area contributed by atoms with Crippen LogP contribution in [0.1, 0.15) is 33.5 Å². The second kappa shape index (κ2) is 10.2. The van der Waals surface area contributed by atoms with E-state index in [1.54, 1.807) is 30.5 Å². The van der Waals surface area contributed by atoms with Crippen molar-refractivity contribution in [2.45, 2.75) is 19.9 Å². The van der Waals surface area contributed by atoms with E-state index in [4.69, 9.17) is 21.3 Å². The zero-order chi connectivity index (χ0) is 21.6. The van der Waals surface area contributed by atoms with E-state index < -0.39 is 0 Å². The number of benzene rings is 1. The number of aromatic nitrogens is 2. The Morgan fingerprint density at radius 3 is 2.58 bits per heavy atom. The van der Waals surface area contributed by atoms with Gasteiger partial charge in [-0.15, -0.1) is 11.3 Å². The van der Waals surface area contributed by atoms with Crippen molar-refractivity contribution >= 4 is 34.7 Å². The minimum Gasteiger partial charge on any atom is -0.462 e. The Kier molecular flexibility index (Phi) is 7.17. The van der Waals surface area contributed by atoms with Gasteiger partial charge >= 0.3 is 5.97 Å². The standard InChI is InChI=1S/C23H25ClN4O2S/c1-2-30-23(29)18-5-8-21(25-14-18)28-11-9-27(10-12-28)15-20-16-31-22(26-20)13-17-3-6-19(24)7-4-17/h3-8,14,16H,2,9-13,15H2,1H3. The maximum atomic E-state index is 11.8. The van der Waals surface area contributed by atoms with Crippen LogP contribution in [0.4, 0.5) is 5.82 Å². The van der Waals surface area contributed by atoms with E-state index in [0.29, 0.717) is 12.2 Å². The summed E-state index contributed by atoms with van der Waals surface area (Å²) in [5, 5.41) is 4.04. The molecule has 1 aliphatic rings. The molecule has 3 heterocycles. The van der Waals surface area contributed by atoms with Gasteiger partial charge in [-0.2, -0.15) is 0 Å². The molecule has 2 aromatic heterocycles. The van der Waals surface area contributed by atoms with Gasteiger partial charge in [0.15, 0.2) is 0 Å². The molecule has 0 amide bonds. The Hall–Kier alpha value is -2.48. The topological polar surface area (TPSA) is 58.6 Å². The van der Waals surface area contributed by atoms with Crippen molar-refractivity contribution in [3.63, 3.8) is 0 Å². The molecule has 1 aromatic carbocycles. The van der Waals surface area contributed by atoms with Crippen molar-refractivity contribution in [3.8, 4) is 0 Å². The van der Waals surface area contributed by atoms with Crippen LogP contribution in [0.15, 0.2) is 48.0 Å². The number of pyridine rings is 1. The van der Waals surface area contributed by atoms with Crippen molar-refractivity contribution in [1.29, 1.82) is 0 Å². The summed E-state index contributed by atoms with van der Waals surface area (Å²) in [6.45, 7) is 6.72. The lowest BCUT2D eigenvalue weighted by Gasteiger charge is -2.35. The van der Waals surface area contributed by atoms with Crippen LogP contribution in [0.3, 0.4) is 0 Å². The van der Waals surface area contributed by atoms with Crippen LogP contribution in [-0.2, 0) is 17.7 Å². The fourth-order valence-corrected chi connectivity index (χ4v) is 4.50. The Morgan fingerprint density at radius 1 is 1.13 bits per heavy atom. The summed E-state index contributed by atoms with van der Waals surface area (Å²) in [6.07, 6.45) is 2.43. The van der Waals surface area contributed by atoms with Crippen LogP contribution in [0.2, 0.25) is 5.02 Å². The largest absolute Gasteiger partial charge is 0.462 e. The highest BCUT2D eigenvalue weighted by Crippen LogP contribution is 2.19. The summed E-state index contributed by atoms with van der Waals surface area (Å²) in [6, 6.07) is 11.6. The maximum absolute atomic E-state index is 11.8. The molecule has 4 rings (SSSR count). The number of nitrogens with zero attached hydrogens (tertiary/aromatic N) is 4. The van der Waals surface area contributed by atoms with Crippen LogP contribution in [0.25, 0.3) is 0 Å². The lowest BCUT2D eigenvalue weighted by Crippen LogP contribution is -2.46. The van der Waals surface area contributed by atoms with E-state index in [2.05, 4.69) is 32.3 Å². The van der Waals surface area contributed by atoms with Gasteiger partial charge in [0, 0.05) is 55.7 Å². The van der Waals surface area contributed by atoms with E-state index in [0.717, 1.165) is 60.7 Å². The lowest BCUT2D eigenvalue weighted by molar-refractivity contribution is 0.0526. The van der Waals surface area contributed by atoms with Crippen LogP contribution >= 0.6 is 22.9 Å². The van der Waals surface area contributed by atoms with Crippen molar-refractivity contribution in [2.24, 2.45) is 0 Å². The maximum Gasteiger partial charge on any atom is 0.339 e. The van der Waals surface area contributed by atoms with E-state index in [9.17, 15) is 4.79 Å². The molecule has 0 radical (unpaired) electrons. The molecule has 0 bridgehead atoms. The van der Waals surface area contributed by atoms with Gasteiger partial charge in [0.2, 0.25) is 0 Å². The molecule has 1 fully saturated rings. The van der Waals surface area contributed by atoms with E-state index in [1.807, 2.05) is 18.2 Å². The monoisotopic (exact) mass is 456 g/mol. The van der Waals surface area contributed by atoms with E-state index >= 15 is 0 Å². The SMILES string of the molecule is CCOC(=O)c1ccc(N2CCN(Cc3csc(Cc4ccc(Cl)cc4)n3)CC2)nc1. The highest BCUT2D eigenvalue weighted by Gasteiger charge is 2.19. The van der Waals surface area contributed by atoms with Gasteiger partial charge in [-0.1, -0.05) is 23.7 Å². The zero-order valence-corrected chi connectivity index (χ0v) is 19.0. The number of hydrogen-bond donors (Lipinski definition) is 0. The third-order valence-corrected chi connectivity index (χ3v) is 6.36. The quantitative estimate of drug-likeness (QED) is 0.494. The zero-order valence-electron chi connectivity index (χ0n) is 17.5. The van der Waals surface area contributed by atoms with Crippen molar-refractivity contribution in [3.05, 3.63) is 74.8 Å². The number of carbonyl (C=O) groups is 1. The highest BCUT2D eigenvalue weighted by atomic mass is 35.5. The predicted molar refractivity (Wildman–Crippen MR) is 124 cm³/mol. The highest BCUT2D eigenvalue weighted by molar-refractivity contribution is 7.09. The molecule has 0 N–H and O–H groups in total. The molecule has 162 valence electrons. The number of thiazole rings is 1. The summed E-state index contributed by atoms with van der Waals surface area (Å²) in [4.78, 5) is 25.7. The summed E-state index contributed by atoms with van der Waals surface area (Å²) >= 11 is 7.68. The number of halogens is 1. The van der Waals surface area contributed by atoms with Crippen LogP contribution in [-0.4, -0.2) is 53.6 Å². The van der Waals surface area contributed by atoms with Gasteiger partial charge < -0.3 is 9.64 Å². The van der Waals surface area contributed by atoms with Gasteiger partial charge in [-0.05, 0) is 36.8 Å². The first-order chi connectivity index (χ1) is 15.1. The molecule has 6 nitrogen and oxygen atoms in total. The van der Waals surface area contributed by atoms with Crippen molar-refractivity contribution in [1.82, 2.24) is 14.9 Å². The average Bonchev–Trinajstić information content (AvgIpc) is 3.23. The molecule has 0 unspecified atom stereocenters. The number of hydrogen-bond acceptors (Lipinski definition) is 7. The molecule has 0 atom stereocenters. The summed E-state index contributed by atoms with van der Waals surface area (Å²) < 4.78 is 5.01. The Balaban J connectivity index is 1.27. The van der Waals surface area contributed by atoms with Gasteiger partial charge in [0.25, 0.3) is 0 Å². The predicted octanol–water partition coefficient (Wildman–Crippen LogP) is 4.28. The average molecular weight is 457 g/mol. The summed E-state index contributed by atoms with van der Waals surface area (Å²) in [5.74, 6) is 0.566. The molecule has 0 saturated carbocycles. The fourth-order valence-electron chi connectivity index (χ4n) is 3.55. The van der Waals surface area contributed by atoms with Gasteiger partial charge in [0.1, 0.15) is 5.82 Å². The molecular weight excluding hydrogens is 432 g/mol. The van der Waals surface area contributed by atoms with E-state index in [1.165, 1.54) is 5.56 Å². The molecule has 1 saturated heterocycles. The third-order valence-electron chi connectivity index (χ3n) is 5.21. The Morgan fingerprint density at radius 2 is 1.90 bits per heavy atom. The Labute approximate surface area is 191 Å². The van der Waals surface area contributed by atoms with Crippen molar-refractivity contribution in [2.75, 3.05) is 37.7 Å². The number of esters is 1. The van der Waals surface area contributed by atoms with Crippen LogP contribution < -0.4 is 4.90 Å². The number of ether oxygens (including phenoxy) is 1. The molecule has 3 aromatic rings. The van der Waals surface area contributed by atoms with E-state index in [-0.39, 0.29) is 5.97 Å². The number of anilines is 1. The minimum absolute atomic E-state index is 0.329. The van der Waals surface area contributed by atoms with Crippen LogP contribution in [0, 0.1) is 0 Å². The fraction of sp³-hybridized carbons (Fsp3) is 0.348. The lowest BCUT2D eigenvalue weighted by atomic mass is 10.2. The summed E-state index contributed by atoms with van der Waals surface area (Å²) in [7, 11) is 0. The number of rotatable bonds is 7. The molecular formula is C23H25ClN4O2S. The minimum atomic E-state index is -0.329. The summed E-state index contributed by atoms with van der Waals surface area (Å²) in [5.41, 5.74) is 2.84. The van der Waals surface area contributed by atoms with Crippen molar-refractivity contribution < 1.29 is 9.53 Å². The van der Waals surface area contributed by atoms with Gasteiger partial charge in [0.05, 0.1) is 22.9 Å². The first kappa shape index (κ1) is 21.7. The normalized spacial score (nSPS) is 14.6. The smallest absolute Gasteiger partial charge is 0.339 e.